The molecule has 0 spiro atoms. The number of nitrogens with two attached hydrogens (primary N) is 1. The second kappa shape index (κ2) is 4.75. The number of ether oxygens (including phenoxy) is 1. The molecule has 0 aliphatic rings. The van der Waals surface area contributed by atoms with Gasteiger partial charge >= 0.3 is 5.76 Å². The van der Waals surface area contributed by atoms with Crippen molar-refractivity contribution in [1.29, 1.82) is 0 Å². The van der Waals surface area contributed by atoms with Crippen molar-refractivity contribution in [3.05, 3.63) is 52.5 Å². The minimum absolute atomic E-state index is 0.138. The fourth-order valence-electron chi connectivity index (χ4n) is 1.93. The average molecular weight is 272 g/mol. The Balaban J connectivity index is 2.05. The van der Waals surface area contributed by atoms with E-state index >= 15 is 0 Å². The predicted octanol–water partition coefficient (Wildman–Crippen LogP) is 1.99. The first-order valence-corrected chi connectivity index (χ1v) is 5.96. The van der Waals surface area contributed by atoms with Crippen LogP contribution in [0.5, 0.6) is 11.5 Å². The quantitative estimate of drug-likeness (QED) is 0.633. The second-order valence-corrected chi connectivity index (χ2v) is 4.27. The number of aromatic nitrogens is 1. The van der Waals surface area contributed by atoms with Crippen molar-refractivity contribution in [2.24, 2.45) is 0 Å². The van der Waals surface area contributed by atoms with Crippen LogP contribution in [0.4, 0.5) is 5.69 Å². The summed E-state index contributed by atoms with van der Waals surface area (Å²) in [5.41, 5.74) is 7.73. The molecule has 6 heteroatoms. The largest absolute Gasteiger partial charge is 0.455 e. The molecule has 0 saturated carbocycles. The van der Waals surface area contributed by atoms with Crippen molar-refractivity contribution in [2.45, 2.75) is 6.61 Å². The number of hydrogen-bond acceptors (Lipinski definition) is 5. The van der Waals surface area contributed by atoms with E-state index in [1.165, 1.54) is 6.07 Å². The van der Waals surface area contributed by atoms with Crippen molar-refractivity contribution < 1.29 is 14.3 Å². The number of hydrogen-bond donors (Lipinski definition) is 3. The van der Waals surface area contributed by atoms with Gasteiger partial charge in [0.1, 0.15) is 5.75 Å². The monoisotopic (exact) mass is 272 g/mol. The number of aromatic amines is 1. The standard InChI is InChI=1S/C14H12N2O4/c15-9-5-13-10(16-14(18)20-13)6-12(9)19-11-4-2-1-3-8(11)7-17/h1-6,17H,7,15H2,(H,16,18). The Labute approximate surface area is 113 Å². The van der Waals surface area contributed by atoms with Crippen LogP contribution in [0.25, 0.3) is 11.1 Å². The zero-order valence-electron chi connectivity index (χ0n) is 10.4. The fourth-order valence-corrected chi connectivity index (χ4v) is 1.93. The van der Waals surface area contributed by atoms with E-state index in [0.717, 1.165) is 0 Å². The molecule has 0 unspecified atom stereocenters. The van der Waals surface area contributed by atoms with Crippen molar-refractivity contribution in [1.82, 2.24) is 4.98 Å². The van der Waals surface area contributed by atoms with Gasteiger partial charge in [0.2, 0.25) is 0 Å². The smallest absolute Gasteiger partial charge is 0.417 e. The van der Waals surface area contributed by atoms with Gasteiger partial charge in [0.15, 0.2) is 11.3 Å². The zero-order valence-corrected chi connectivity index (χ0v) is 10.4. The topological polar surface area (TPSA) is 101 Å². The molecule has 6 nitrogen and oxygen atoms in total. The molecule has 0 radical (unpaired) electrons. The number of H-pyrrole nitrogens is 1. The van der Waals surface area contributed by atoms with Gasteiger partial charge in [-0.05, 0) is 6.07 Å². The maximum Gasteiger partial charge on any atom is 0.417 e. The Bertz CT molecular complexity index is 819. The third kappa shape index (κ3) is 2.12. The Morgan fingerprint density at radius 2 is 2.05 bits per heavy atom. The lowest BCUT2D eigenvalue weighted by Crippen LogP contribution is -1.95. The van der Waals surface area contributed by atoms with E-state index in [4.69, 9.17) is 14.9 Å². The van der Waals surface area contributed by atoms with Crippen LogP contribution in [-0.4, -0.2) is 10.1 Å². The molecule has 0 saturated heterocycles. The molecule has 0 amide bonds. The van der Waals surface area contributed by atoms with Crippen molar-refractivity contribution >= 4 is 16.8 Å². The number of fused-ring (bicyclic) bond motifs is 1. The predicted molar refractivity (Wildman–Crippen MR) is 73.7 cm³/mol. The molecule has 4 N–H and O–H groups in total. The van der Waals surface area contributed by atoms with Gasteiger partial charge in [-0.1, -0.05) is 18.2 Å². The first-order chi connectivity index (χ1) is 9.67. The molecule has 0 fully saturated rings. The summed E-state index contributed by atoms with van der Waals surface area (Å²) < 4.78 is 10.6. The average Bonchev–Trinajstić information content (AvgIpc) is 2.79. The molecule has 1 aromatic heterocycles. The number of rotatable bonds is 3. The minimum atomic E-state index is -0.549. The van der Waals surface area contributed by atoms with Crippen LogP contribution < -0.4 is 16.2 Å². The van der Waals surface area contributed by atoms with Crippen LogP contribution in [0.15, 0.2) is 45.6 Å². The molecule has 1 heterocycles. The maximum atomic E-state index is 11.1. The van der Waals surface area contributed by atoms with Gasteiger partial charge in [-0.25, -0.2) is 4.79 Å². The molecule has 0 bridgehead atoms. The van der Waals surface area contributed by atoms with Crippen molar-refractivity contribution in [3.63, 3.8) is 0 Å². The van der Waals surface area contributed by atoms with Crippen LogP contribution in [0.2, 0.25) is 0 Å². The van der Waals surface area contributed by atoms with Crippen LogP contribution in [0, 0.1) is 0 Å². The number of nitrogens with one attached hydrogen (secondary N) is 1. The summed E-state index contributed by atoms with van der Waals surface area (Å²) in [6.07, 6.45) is 0. The Morgan fingerprint density at radius 3 is 2.85 bits per heavy atom. The number of aliphatic hydroxyl groups is 1. The maximum absolute atomic E-state index is 11.1. The van der Waals surface area contributed by atoms with E-state index in [0.29, 0.717) is 33.8 Å². The molecular formula is C14H12N2O4. The summed E-state index contributed by atoms with van der Waals surface area (Å²) in [5.74, 6) is 0.342. The molecule has 0 atom stereocenters. The van der Waals surface area contributed by atoms with Gasteiger partial charge in [0.05, 0.1) is 17.8 Å². The molecular weight excluding hydrogens is 260 g/mol. The Hall–Kier alpha value is -2.73. The highest BCUT2D eigenvalue weighted by Gasteiger charge is 2.10. The molecule has 0 aliphatic carbocycles. The molecule has 2 aromatic carbocycles. The highest BCUT2D eigenvalue weighted by atomic mass is 16.5. The highest BCUT2D eigenvalue weighted by Crippen LogP contribution is 2.32. The zero-order chi connectivity index (χ0) is 14.1. The van der Waals surface area contributed by atoms with Gasteiger partial charge in [-0.15, -0.1) is 0 Å². The summed E-state index contributed by atoms with van der Waals surface area (Å²) >= 11 is 0. The molecule has 102 valence electrons. The molecule has 3 rings (SSSR count). The number of aliphatic hydroxyl groups excluding tert-OH is 1. The van der Waals surface area contributed by atoms with E-state index in [2.05, 4.69) is 4.98 Å². The van der Waals surface area contributed by atoms with Gasteiger partial charge in [0.25, 0.3) is 0 Å². The lowest BCUT2D eigenvalue weighted by molar-refractivity contribution is 0.276. The van der Waals surface area contributed by atoms with Gasteiger partial charge in [0, 0.05) is 17.7 Å². The summed E-state index contributed by atoms with van der Waals surface area (Å²) in [6, 6.07) is 10.2. The first kappa shape index (κ1) is 12.3. The van der Waals surface area contributed by atoms with Crippen LogP contribution in [0.1, 0.15) is 5.56 Å². The molecule has 0 aliphatic heterocycles. The lowest BCUT2D eigenvalue weighted by Gasteiger charge is -2.11. The SMILES string of the molecule is Nc1cc2oc(=O)[nH]c2cc1Oc1ccccc1CO. The first-order valence-electron chi connectivity index (χ1n) is 5.96. The van der Waals surface area contributed by atoms with Crippen LogP contribution in [0.3, 0.4) is 0 Å². The second-order valence-electron chi connectivity index (χ2n) is 4.27. The Kier molecular flexibility index (Phi) is 2.92. The van der Waals surface area contributed by atoms with Crippen molar-refractivity contribution in [3.8, 4) is 11.5 Å². The van der Waals surface area contributed by atoms with Gasteiger partial charge < -0.3 is 20.0 Å². The number of benzene rings is 2. The Morgan fingerprint density at radius 1 is 1.25 bits per heavy atom. The minimum Gasteiger partial charge on any atom is -0.455 e. The summed E-state index contributed by atoms with van der Waals surface area (Å²) in [7, 11) is 0. The normalized spacial score (nSPS) is 10.8. The van der Waals surface area contributed by atoms with E-state index in [1.807, 2.05) is 0 Å². The van der Waals surface area contributed by atoms with Crippen LogP contribution in [-0.2, 0) is 6.61 Å². The number of nitrogen functional groups attached to an aromatic ring is 1. The highest BCUT2D eigenvalue weighted by molar-refractivity contribution is 5.80. The third-order valence-electron chi connectivity index (χ3n) is 2.91. The third-order valence-corrected chi connectivity index (χ3v) is 2.91. The van der Waals surface area contributed by atoms with Crippen LogP contribution >= 0.6 is 0 Å². The molecule has 3 aromatic rings. The van der Waals surface area contributed by atoms with Crippen molar-refractivity contribution in [2.75, 3.05) is 5.73 Å². The summed E-state index contributed by atoms with van der Waals surface area (Å²) in [5, 5.41) is 9.27. The number of anilines is 1. The van der Waals surface area contributed by atoms with Gasteiger partial charge in [-0.2, -0.15) is 0 Å². The van der Waals surface area contributed by atoms with E-state index in [1.54, 1.807) is 30.3 Å². The van der Waals surface area contributed by atoms with E-state index < -0.39 is 5.76 Å². The summed E-state index contributed by atoms with van der Waals surface area (Å²) in [6.45, 7) is -0.138. The van der Waals surface area contributed by atoms with Gasteiger partial charge in [-0.3, -0.25) is 4.98 Å². The van der Waals surface area contributed by atoms with E-state index in [9.17, 15) is 9.90 Å². The fraction of sp³-hybridized carbons (Fsp3) is 0.0714. The molecule has 20 heavy (non-hydrogen) atoms. The number of para-hydroxylation sites is 1. The number of oxazole rings is 1. The van der Waals surface area contributed by atoms with E-state index in [-0.39, 0.29) is 6.61 Å². The summed E-state index contributed by atoms with van der Waals surface area (Å²) in [4.78, 5) is 13.7. The lowest BCUT2D eigenvalue weighted by atomic mass is 10.2.